The van der Waals surface area contributed by atoms with Gasteiger partial charge in [-0.3, -0.25) is 0 Å². The van der Waals surface area contributed by atoms with Gasteiger partial charge in [0.15, 0.2) is 5.11 Å². The summed E-state index contributed by atoms with van der Waals surface area (Å²) in [4.78, 5) is 0. The molecule has 0 amide bonds. The van der Waals surface area contributed by atoms with Crippen LogP contribution in [0.15, 0.2) is 12.2 Å². The number of rotatable bonds is 3. The molecule has 1 heterocycles. The van der Waals surface area contributed by atoms with E-state index in [-0.39, 0.29) is 0 Å². The van der Waals surface area contributed by atoms with E-state index >= 15 is 0 Å². The lowest BCUT2D eigenvalue weighted by atomic mass is 9.79. The second kappa shape index (κ2) is 5.30. The summed E-state index contributed by atoms with van der Waals surface area (Å²) in [6, 6.07) is 0.591. The molecule has 20 heavy (non-hydrogen) atoms. The Balaban J connectivity index is 1.27. The predicted octanol–water partition coefficient (Wildman–Crippen LogP) is 2.23. The third-order valence-corrected chi connectivity index (χ3v) is 6.10. The Morgan fingerprint density at radius 2 is 2.25 bits per heavy atom. The smallest absolute Gasteiger partial charge is 0.166 e. The van der Waals surface area contributed by atoms with E-state index in [9.17, 15) is 0 Å². The van der Waals surface area contributed by atoms with E-state index in [1.807, 2.05) is 0 Å². The Labute approximate surface area is 126 Å². The number of hydrogen-bond donors (Lipinski definition) is 2. The highest BCUT2D eigenvalue weighted by molar-refractivity contribution is 7.80. The third kappa shape index (κ3) is 2.27. The summed E-state index contributed by atoms with van der Waals surface area (Å²) in [5, 5.41) is 7.76. The van der Waals surface area contributed by atoms with Crippen LogP contribution in [-0.2, 0) is 4.74 Å². The highest BCUT2D eigenvalue weighted by Gasteiger charge is 2.52. The van der Waals surface area contributed by atoms with Crippen molar-refractivity contribution < 1.29 is 4.74 Å². The lowest BCUT2D eigenvalue weighted by Gasteiger charge is -2.32. The van der Waals surface area contributed by atoms with Crippen molar-refractivity contribution in [1.29, 1.82) is 0 Å². The second-order valence-electron chi connectivity index (χ2n) is 6.90. The van der Waals surface area contributed by atoms with E-state index in [4.69, 9.17) is 17.0 Å². The lowest BCUT2D eigenvalue weighted by Crippen LogP contribution is -2.48. The fourth-order valence-electron chi connectivity index (χ4n) is 4.94. The number of fused-ring (bicyclic) bond motifs is 5. The molecule has 3 fully saturated rings. The average molecular weight is 292 g/mol. The van der Waals surface area contributed by atoms with Gasteiger partial charge in [-0.2, -0.15) is 0 Å². The van der Waals surface area contributed by atoms with Gasteiger partial charge in [0.25, 0.3) is 0 Å². The van der Waals surface area contributed by atoms with Gasteiger partial charge in [-0.05, 0) is 68.0 Å². The zero-order chi connectivity index (χ0) is 13.5. The van der Waals surface area contributed by atoms with Crippen molar-refractivity contribution in [3.8, 4) is 0 Å². The molecule has 110 valence electrons. The molecule has 4 rings (SSSR count). The van der Waals surface area contributed by atoms with Crippen LogP contribution in [0.2, 0.25) is 0 Å². The molecule has 1 aliphatic heterocycles. The van der Waals surface area contributed by atoms with Gasteiger partial charge in [0, 0.05) is 19.2 Å². The number of thiocarbonyl (C=S) groups is 1. The predicted molar refractivity (Wildman–Crippen MR) is 83.4 cm³/mol. The first-order chi connectivity index (χ1) is 9.81. The van der Waals surface area contributed by atoms with Crippen LogP contribution in [0.1, 0.15) is 32.1 Å². The molecule has 1 saturated heterocycles. The molecule has 2 saturated carbocycles. The molecule has 6 atom stereocenters. The zero-order valence-corrected chi connectivity index (χ0v) is 12.7. The van der Waals surface area contributed by atoms with Crippen LogP contribution in [0.3, 0.4) is 0 Å². The van der Waals surface area contributed by atoms with E-state index in [1.165, 1.54) is 25.7 Å². The van der Waals surface area contributed by atoms with Crippen molar-refractivity contribution >= 4 is 17.3 Å². The molecule has 4 aliphatic rings. The monoisotopic (exact) mass is 292 g/mol. The maximum absolute atomic E-state index is 5.62. The average Bonchev–Trinajstić information content (AvgIpc) is 3.18. The maximum Gasteiger partial charge on any atom is 0.166 e. The van der Waals surface area contributed by atoms with Crippen LogP contribution in [0, 0.1) is 23.7 Å². The van der Waals surface area contributed by atoms with Gasteiger partial charge in [0.1, 0.15) is 0 Å². The molecule has 0 spiro atoms. The van der Waals surface area contributed by atoms with Crippen molar-refractivity contribution in [2.45, 2.75) is 44.2 Å². The van der Waals surface area contributed by atoms with Crippen LogP contribution >= 0.6 is 12.2 Å². The molecule has 4 heteroatoms. The fraction of sp³-hybridized carbons (Fsp3) is 0.812. The molecule has 0 aromatic rings. The van der Waals surface area contributed by atoms with Gasteiger partial charge >= 0.3 is 0 Å². The summed E-state index contributed by atoms with van der Waals surface area (Å²) < 4.78 is 5.62. The van der Waals surface area contributed by atoms with E-state index in [2.05, 4.69) is 22.8 Å². The van der Waals surface area contributed by atoms with Crippen molar-refractivity contribution in [3.05, 3.63) is 12.2 Å². The number of ether oxygens (including phenoxy) is 1. The molecule has 2 N–H and O–H groups in total. The Bertz CT molecular complexity index is 419. The highest BCUT2D eigenvalue weighted by atomic mass is 32.1. The standard InChI is InChI=1S/C16H24N2OS/c20-16(17-9-11-3-2-6-19-11)18-15-8-10-7-14(15)13-5-1-4-12(10)13/h1,5,10-15H,2-4,6-9H2,(H2,17,18,20)/t10-,11-,12+,13+,14-,15-/m1/s1. The lowest BCUT2D eigenvalue weighted by molar-refractivity contribution is 0.114. The SMILES string of the molecule is S=C(NC[C@H]1CCCO1)N[C@@H]1C[C@H]2C[C@@H]1[C@H]1C=CC[C@@H]21. The Morgan fingerprint density at radius 1 is 1.30 bits per heavy atom. The summed E-state index contributed by atoms with van der Waals surface area (Å²) in [5.74, 6) is 3.52. The van der Waals surface area contributed by atoms with Crippen LogP contribution < -0.4 is 10.6 Å². The van der Waals surface area contributed by atoms with Gasteiger partial charge in [-0.1, -0.05) is 12.2 Å². The summed E-state index contributed by atoms with van der Waals surface area (Å²) in [6.07, 6.45) is 11.6. The van der Waals surface area contributed by atoms with E-state index < -0.39 is 0 Å². The van der Waals surface area contributed by atoms with Crippen LogP contribution in [0.4, 0.5) is 0 Å². The van der Waals surface area contributed by atoms with Crippen molar-refractivity contribution in [2.75, 3.05) is 13.2 Å². The molecule has 0 unspecified atom stereocenters. The first kappa shape index (κ1) is 13.1. The number of hydrogen-bond acceptors (Lipinski definition) is 2. The summed E-state index contributed by atoms with van der Waals surface area (Å²) >= 11 is 5.47. The summed E-state index contributed by atoms with van der Waals surface area (Å²) in [7, 11) is 0. The van der Waals surface area contributed by atoms with Crippen molar-refractivity contribution in [1.82, 2.24) is 10.6 Å². The van der Waals surface area contributed by atoms with E-state index in [0.717, 1.165) is 48.4 Å². The molecule has 2 bridgehead atoms. The fourth-order valence-corrected chi connectivity index (χ4v) is 5.18. The van der Waals surface area contributed by atoms with Crippen molar-refractivity contribution in [2.24, 2.45) is 23.7 Å². The largest absolute Gasteiger partial charge is 0.376 e. The molecule has 0 aromatic heterocycles. The quantitative estimate of drug-likeness (QED) is 0.617. The minimum Gasteiger partial charge on any atom is -0.376 e. The van der Waals surface area contributed by atoms with Crippen molar-refractivity contribution in [3.63, 3.8) is 0 Å². The highest BCUT2D eigenvalue weighted by Crippen LogP contribution is 2.56. The van der Waals surface area contributed by atoms with Gasteiger partial charge in [0.05, 0.1) is 6.10 Å². The minimum absolute atomic E-state index is 0.358. The normalized spacial score (nSPS) is 44.8. The van der Waals surface area contributed by atoms with Gasteiger partial charge in [-0.15, -0.1) is 0 Å². The van der Waals surface area contributed by atoms with Gasteiger partial charge in [-0.25, -0.2) is 0 Å². The van der Waals surface area contributed by atoms with E-state index in [1.54, 1.807) is 0 Å². The maximum atomic E-state index is 5.62. The third-order valence-electron chi connectivity index (χ3n) is 5.84. The molecular weight excluding hydrogens is 268 g/mol. The van der Waals surface area contributed by atoms with Gasteiger partial charge in [0.2, 0.25) is 0 Å². The first-order valence-electron chi connectivity index (χ1n) is 8.14. The minimum atomic E-state index is 0.358. The summed E-state index contributed by atoms with van der Waals surface area (Å²) in [6.45, 7) is 1.77. The van der Waals surface area contributed by atoms with Crippen LogP contribution in [0.25, 0.3) is 0 Å². The molecule has 3 aliphatic carbocycles. The Kier molecular flexibility index (Phi) is 3.47. The molecule has 3 nitrogen and oxygen atoms in total. The van der Waals surface area contributed by atoms with Gasteiger partial charge < -0.3 is 15.4 Å². The summed E-state index contributed by atoms with van der Waals surface area (Å²) in [5.41, 5.74) is 0. The molecule has 0 aromatic carbocycles. The van der Waals surface area contributed by atoms with Crippen LogP contribution in [-0.4, -0.2) is 30.4 Å². The first-order valence-corrected chi connectivity index (χ1v) is 8.54. The Hall–Kier alpha value is -0.610. The second-order valence-corrected chi connectivity index (χ2v) is 7.30. The molecular formula is C16H24N2OS. The van der Waals surface area contributed by atoms with E-state index in [0.29, 0.717) is 12.1 Å². The number of allylic oxidation sites excluding steroid dienone is 2. The van der Waals surface area contributed by atoms with Crippen LogP contribution in [0.5, 0.6) is 0 Å². The topological polar surface area (TPSA) is 33.3 Å². The Morgan fingerprint density at radius 3 is 3.10 bits per heavy atom. The molecule has 0 radical (unpaired) electrons. The zero-order valence-electron chi connectivity index (χ0n) is 11.9. The number of nitrogens with one attached hydrogen (secondary N) is 2.